The molecule has 3 heteroatoms. The fourth-order valence-electron chi connectivity index (χ4n) is 2.20. The maximum Gasteiger partial charge on any atom is 0.112 e. The minimum atomic E-state index is -0.0151. The Balaban J connectivity index is 2.07. The standard InChI is InChI=1S/C15H20N2S/c1-3-17-15(2,14-16-11-12-18-14)10-9-13-7-5-4-6-8-13/h4-8,11-12,17H,3,9-10H2,1-2H3. The molecule has 1 aromatic heterocycles. The zero-order chi connectivity index (χ0) is 12.8. The molecule has 18 heavy (non-hydrogen) atoms. The first-order chi connectivity index (χ1) is 8.74. The third-order valence-corrected chi connectivity index (χ3v) is 4.26. The van der Waals surface area contributed by atoms with E-state index in [-0.39, 0.29) is 5.54 Å². The molecule has 0 aliphatic carbocycles. The smallest absolute Gasteiger partial charge is 0.112 e. The van der Waals surface area contributed by atoms with Gasteiger partial charge in [-0.2, -0.15) is 0 Å². The Kier molecular flexibility index (Phi) is 4.50. The van der Waals surface area contributed by atoms with E-state index in [4.69, 9.17) is 0 Å². The zero-order valence-electron chi connectivity index (χ0n) is 11.0. The van der Waals surface area contributed by atoms with E-state index in [1.807, 2.05) is 11.6 Å². The van der Waals surface area contributed by atoms with Crippen molar-refractivity contribution in [1.29, 1.82) is 0 Å². The molecule has 1 unspecified atom stereocenters. The van der Waals surface area contributed by atoms with Crippen molar-refractivity contribution in [2.75, 3.05) is 6.54 Å². The largest absolute Gasteiger partial charge is 0.306 e. The van der Waals surface area contributed by atoms with Gasteiger partial charge in [0.2, 0.25) is 0 Å². The van der Waals surface area contributed by atoms with Crippen LogP contribution in [0, 0.1) is 0 Å². The van der Waals surface area contributed by atoms with Crippen LogP contribution in [0.25, 0.3) is 0 Å². The summed E-state index contributed by atoms with van der Waals surface area (Å²) in [4.78, 5) is 4.48. The fourth-order valence-corrected chi connectivity index (χ4v) is 3.00. The lowest BCUT2D eigenvalue weighted by Crippen LogP contribution is -2.39. The molecule has 2 rings (SSSR count). The lowest BCUT2D eigenvalue weighted by molar-refractivity contribution is 0.347. The number of rotatable bonds is 6. The van der Waals surface area contributed by atoms with Gasteiger partial charge in [-0.25, -0.2) is 4.98 Å². The molecule has 0 bridgehead atoms. The minimum absolute atomic E-state index is 0.0151. The average molecular weight is 260 g/mol. The predicted molar refractivity (Wildman–Crippen MR) is 77.9 cm³/mol. The van der Waals surface area contributed by atoms with E-state index in [2.05, 4.69) is 54.5 Å². The Hall–Kier alpha value is -1.19. The number of aryl methyl sites for hydroxylation is 1. The number of nitrogens with one attached hydrogen (secondary N) is 1. The molecule has 1 aromatic carbocycles. The van der Waals surface area contributed by atoms with Crippen LogP contribution in [0.2, 0.25) is 0 Å². The van der Waals surface area contributed by atoms with E-state index < -0.39 is 0 Å². The monoisotopic (exact) mass is 260 g/mol. The fraction of sp³-hybridized carbons (Fsp3) is 0.400. The van der Waals surface area contributed by atoms with Crippen LogP contribution < -0.4 is 5.32 Å². The molecule has 2 nitrogen and oxygen atoms in total. The second kappa shape index (κ2) is 6.12. The highest BCUT2D eigenvalue weighted by Crippen LogP contribution is 2.27. The first-order valence-electron chi connectivity index (χ1n) is 6.43. The van der Waals surface area contributed by atoms with E-state index in [0.717, 1.165) is 19.4 Å². The Morgan fingerprint density at radius 1 is 1.28 bits per heavy atom. The van der Waals surface area contributed by atoms with Crippen LogP contribution in [-0.4, -0.2) is 11.5 Å². The van der Waals surface area contributed by atoms with Crippen LogP contribution in [0.1, 0.15) is 30.8 Å². The lowest BCUT2D eigenvalue weighted by atomic mass is 9.93. The molecule has 0 saturated heterocycles. The molecule has 1 N–H and O–H groups in total. The molecule has 0 fully saturated rings. The predicted octanol–water partition coefficient (Wildman–Crippen LogP) is 3.60. The number of nitrogens with zero attached hydrogens (tertiary/aromatic N) is 1. The van der Waals surface area contributed by atoms with Gasteiger partial charge in [0, 0.05) is 11.6 Å². The number of hydrogen-bond acceptors (Lipinski definition) is 3. The third kappa shape index (κ3) is 3.18. The van der Waals surface area contributed by atoms with Crippen molar-refractivity contribution in [2.45, 2.75) is 32.2 Å². The van der Waals surface area contributed by atoms with Crippen LogP contribution in [-0.2, 0) is 12.0 Å². The van der Waals surface area contributed by atoms with Crippen LogP contribution in [0.5, 0.6) is 0 Å². The van der Waals surface area contributed by atoms with E-state index in [1.54, 1.807) is 11.3 Å². The summed E-state index contributed by atoms with van der Waals surface area (Å²) in [6.45, 7) is 5.36. The molecule has 2 aromatic rings. The molecule has 0 saturated carbocycles. The molecule has 1 atom stereocenters. The van der Waals surface area contributed by atoms with Crippen LogP contribution in [0.3, 0.4) is 0 Å². The summed E-state index contributed by atoms with van der Waals surface area (Å²) in [6.07, 6.45) is 4.03. The molecule has 0 aliphatic rings. The summed E-state index contributed by atoms with van der Waals surface area (Å²) >= 11 is 1.73. The quantitative estimate of drug-likeness (QED) is 0.858. The first-order valence-corrected chi connectivity index (χ1v) is 7.31. The molecule has 0 amide bonds. The summed E-state index contributed by atoms with van der Waals surface area (Å²) < 4.78 is 0. The summed E-state index contributed by atoms with van der Waals surface area (Å²) in [7, 11) is 0. The molecular formula is C15H20N2S. The highest BCUT2D eigenvalue weighted by atomic mass is 32.1. The number of benzene rings is 1. The SMILES string of the molecule is CCNC(C)(CCc1ccccc1)c1nccs1. The van der Waals surface area contributed by atoms with Crippen LogP contribution in [0.4, 0.5) is 0 Å². The van der Waals surface area contributed by atoms with Gasteiger partial charge in [0.25, 0.3) is 0 Å². The van der Waals surface area contributed by atoms with Crippen molar-refractivity contribution in [2.24, 2.45) is 0 Å². The lowest BCUT2D eigenvalue weighted by Gasteiger charge is -2.28. The molecule has 0 spiro atoms. The maximum absolute atomic E-state index is 4.48. The molecule has 1 heterocycles. The molecular weight excluding hydrogens is 240 g/mol. The van der Waals surface area contributed by atoms with Crippen molar-refractivity contribution >= 4 is 11.3 Å². The van der Waals surface area contributed by atoms with E-state index in [0.29, 0.717) is 0 Å². The van der Waals surface area contributed by atoms with Gasteiger partial charge in [0.15, 0.2) is 0 Å². The van der Waals surface area contributed by atoms with Gasteiger partial charge in [-0.3, -0.25) is 0 Å². The maximum atomic E-state index is 4.48. The Bertz CT molecular complexity index is 453. The van der Waals surface area contributed by atoms with Crippen LogP contribution >= 0.6 is 11.3 Å². The van der Waals surface area contributed by atoms with E-state index in [1.165, 1.54) is 10.6 Å². The summed E-state index contributed by atoms with van der Waals surface area (Å²) in [6, 6.07) is 10.6. The second-order valence-electron chi connectivity index (χ2n) is 4.69. The van der Waals surface area contributed by atoms with Crippen molar-refractivity contribution in [3.63, 3.8) is 0 Å². The Labute approximate surface area is 113 Å². The highest BCUT2D eigenvalue weighted by Gasteiger charge is 2.27. The topological polar surface area (TPSA) is 24.9 Å². The normalized spacial score (nSPS) is 14.3. The van der Waals surface area contributed by atoms with Gasteiger partial charge in [-0.15, -0.1) is 11.3 Å². The van der Waals surface area contributed by atoms with Gasteiger partial charge < -0.3 is 5.32 Å². The van der Waals surface area contributed by atoms with Crippen molar-refractivity contribution < 1.29 is 0 Å². The highest BCUT2D eigenvalue weighted by molar-refractivity contribution is 7.09. The minimum Gasteiger partial charge on any atom is -0.306 e. The summed E-state index contributed by atoms with van der Waals surface area (Å²) in [5, 5.41) is 6.81. The van der Waals surface area contributed by atoms with Gasteiger partial charge in [-0.05, 0) is 31.9 Å². The number of hydrogen-bond donors (Lipinski definition) is 1. The van der Waals surface area contributed by atoms with E-state index >= 15 is 0 Å². The third-order valence-electron chi connectivity index (χ3n) is 3.23. The molecule has 0 aliphatic heterocycles. The van der Waals surface area contributed by atoms with E-state index in [9.17, 15) is 0 Å². The van der Waals surface area contributed by atoms with Gasteiger partial charge in [-0.1, -0.05) is 37.3 Å². The zero-order valence-corrected chi connectivity index (χ0v) is 11.8. The molecule has 0 radical (unpaired) electrons. The van der Waals surface area contributed by atoms with Crippen LogP contribution in [0.15, 0.2) is 41.9 Å². The van der Waals surface area contributed by atoms with Crippen molar-refractivity contribution in [3.05, 3.63) is 52.5 Å². The summed E-state index contributed by atoms with van der Waals surface area (Å²) in [5.41, 5.74) is 1.37. The van der Waals surface area contributed by atoms with Gasteiger partial charge in [0.1, 0.15) is 5.01 Å². The molecule has 96 valence electrons. The van der Waals surface area contributed by atoms with Gasteiger partial charge >= 0.3 is 0 Å². The average Bonchev–Trinajstić information content (AvgIpc) is 2.93. The Morgan fingerprint density at radius 2 is 2.06 bits per heavy atom. The second-order valence-corrected chi connectivity index (χ2v) is 5.58. The number of thiazole rings is 1. The van der Waals surface area contributed by atoms with Crippen molar-refractivity contribution in [1.82, 2.24) is 10.3 Å². The number of aromatic nitrogens is 1. The summed E-state index contributed by atoms with van der Waals surface area (Å²) in [5.74, 6) is 0. The van der Waals surface area contributed by atoms with Gasteiger partial charge in [0.05, 0.1) is 5.54 Å². The Morgan fingerprint density at radius 3 is 2.67 bits per heavy atom. The first kappa shape index (κ1) is 13.2. The van der Waals surface area contributed by atoms with Crippen molar-refractivity contribution in [3.8, 4) is 0 Å².